The van der Waals surface area contributed by atoms with Crippen LogP contribution in [0.1, 0.15) is 24.8 Å². The minimum Gasteiger partial charge on any atom is -0.353 e. The Balaban J connectivity index is 1.25. The molecule has 1 aliphatic rings. The zero-order chi connectivity index (χ0) is 21.5. The monoisotopic (exact) mass is 417 g/mol. The fourth-order valence-electron chi connectivity index (χ4n) is 3.81. The number of benzene rings is 2. The number of hydrogen-bond acceptors (Lipinski definition) is 3. The van der Waals surface area contributed by atoms with Crippen molar-refractivity contribution in [1.82, 2.24) is 20.0 Å². The van der Waals surface area contributed by atoms with Crippen LogP contribution >= 0.6 is 0 Å². The van der Waals surface area contributed by atoms with Gasteiger partial charge >= 0.3 is 6.03 Å². The number of hydrogen-bond donors (Lipinski definition) is 2. The minimum absolute atomic E-state index is 0.0694. The Hall–Kier alpha value is -3.61. The second kappa shape index (κ2) is 9.93. The Labute approximate surface area is 182 Å². The fourth-order valence-corrected chi connectivity index (χ4v) is 3.81. The van der Waals surface area contributed by atoms with E-state index in [9.17, 15) is 9.59 Å². The van der Waals surface area contributed by atoms with Crippen LogP contribution in [0, 0.1) is 0 Å². The highest BCUT2D eigenvalue weighted by Crippen LogP contribution is 2.20. The van der Waals surface area contributed by atoms with Gasteiger partial charge in [0.15, 0.2) is 0 Å². The van der Waals surface area contributed by atoms with Crippen LogP contribution in [0.25, 0.3) is 5.69 Å². The highest BCUT2D eigenvalue weighted by atomic mass is 16.2. The first-order valence-corrected chi connectivity index (χ1v) is 10.7. The average molecular weight is 418 g/mol. The van der Waals surface area contributed by atoms with E-state index in [-0.39, 0.29) is 18.0 Å². The van der Waals surface area contributed by atoms with Crippen LogP contribution < -0.4 is 10.6 Å². The first kappa shape index (κ1) is 20.7. The number of carbonyl (C=O) groups excluding carboxylic acids is 2. The zero-order valence-electron chi connectivity index (χ0n) is 17.4. The number of likely N-dealkylation sites (tertiary alicyclic amines) is 1. The van der Waals surface area contributed by atoms with Gasteiger partial charge in [-0.3, -0.25) is 4.79 Å². The summed E-state index contributed by atoms with van der Waals surface area (Å²) in [7, 11) is 0. The van der Waals surface area contributed by atoms with Gasteiger partial charge in [0.05, 0.1) is 11.4 Å². The summed E-state index contributed by atoms with van der Waals surface area (Å²) < 4.78 is 1.73. The van der Waals surface area contributed by atoms with E-state index in [0.717, 1.165) is 24.9 Å². The molecule has 2 N–H and O–H groups in total. The number of urea groups is 1. The van der Waals surface area contributed by atoms with E-state index in [2.05, 4.69) is 15.7 Å². The van der Waals surface area contributed by atoms with Crippen molar-refractivity contribution in [1.29, 1.82) is 0 Å². The number of aryl methyl sites for hydroxylation is 1. The molecule has 4 rings (SSSR count). The van der Waals surface area contributed by atoms with Gasteiger partial charge in [-0.2, -0.15) is 5.10 Å². The molecule has 0 saturated carbocycles. The van der Waals surface area contributed by atoms with Gasteiger partial charge < -0.3 is 15.5 Å². The van der Waals surface area contributed by atoms with Crippen molar-refractivity contribution in [3.63, 3.8) is 0 Å². The second-order valence-electron chi connectivity index (χ2n) is 7.71. The van der Waals surface area contributed by atoms with Crippen LogP contribution in [0.4, 0.5) is 10.5 Å². The molecule has 7 nitrogen and oxygen atoms in total. The van der Waals surface area contributed by atoms with E-state index in [1.54, 1.807) is 15.8 Å². The summed E-state index contributed by atoms with van der Waals surface area (Å²) in [5.41, 5.74) is 2.70. The molecule has 3 aromatic rings. The Morgan fingerprint density at radius 2 is 1.71 bits per heavy atom. The van der Waals surface area contributed by atoms with Gasteiger partial charge in [-0.25, -0.2) is 9.48 Å². The third-order valence-corrected chi connectivity index (χ3v) is 5.53. The Bertz CT molecular complexity index is 996. The predicted octanol–water partition coefficient (Wildman–Crippen LogP) is 3.62. The first-order valence-electron chi connectivity index (χ1n) is 10.7. The van der Waals surface area contributed by atoms with E-state index in [4.69, 9.17) is 0 Å². The molecule has 1 aromatic heterocycles. The number of piperidine rings is 1. The van der Waals surface area contributed by atoms with Crippen molar-refractivity contribution < 1.29 is 9.59 Å². The predicted molar refractivity (Wildman–Crippen MR) is 120 cm³/mol. The molecular formula is C24H27N5O2. The maximum atomic E-state index is 12.8. The maximum Gasteiger partial charge on any atom is 0.321 e. The molecule has 0 radical (unpaired) electrons. The number of amides is 3. The molecule has 1 aliphatic heterocycles. The van der Waals surface area contributed by atoms with Gasteiger partial charge in [0.2, 0.25) is 5.91 Å². The van der Waals surface area contributed by atoms with Gasteiger partial charge in [0.25, 0.3) is 0 Å². The molecule has 0 bridgehead atoms. The van der Waals surface area contributed by atoms with Crippen molar-refractivity contribution >= 4 is 17.6 Å². The smallest absolute Gasteiger partial charge is 0.321 e. The lowest BCUT2D eigenvalue weighted by Crippen LogP contribution is -2.47. The molecule has 0 aliphatic carbocycles. The lowest BCUT2D eigenvalue weighted by Gasteiger charge is -2.32. The molecule has 0 unspecified atom stereocenters. The molecule has 2 aromatic carbocycles. The summed E-state index contributed by atoms with van der Waals surface area (Å²) in [4.78, 5) is 26.9. The van der Waals surface area contributed by atoms with Gasteiger partial charge in [0.1, 0.15) is 0 Å². The highest BCUT2D eigenvalue weighted by molar-refractivity contribution is 5.91. The standard InChI is InChI=1S/C24H27N5O2/c30-23(12-11-19-7-2-1-3-8-19)26-20-13-17-28(18-14-20)24(31)27-21-9-4-5-10-22(21)29-16-6-15-25-29/h1-10,15-16,20H,11-14,17-18H2,(H,26,30)(H,27,31). The molecule has 0 atom stereocenters. The van der Waals surface area contributed by atoms with Crippen molar-refractivity contribution in [2.24, 2.45) is 0 Å². The molecule has 3 amide bonds. The lowest BCUT2D eigenvalue weighted by atomic mass is 10.0. The van der Waals surface area contributed by atoms with E-state index < -0.39 is 0 Å². The molecule has 1 fully saturated rings. The lowest BCUT2D eigenvalue weighted by molar-refractivity contribution is -0.122. The molecule has 160 valence electrons. The van der Waals surface area contributed by atoms with Crippen LogP contribution in [0.3, 0.4) is 0 Å². The SMILES string of the molecule is O=C(CCc1ccccc1)NC1CCN(C(=O)Nc2ccccc2-n2cccn2)CC1. The number of para-hydroxylation sites is 2. The van der Waals surface area contributed by atoms with E-state index in [0.29, 0.717) is 25.2 Å². The van der Waals surface area contributed by atoms with Crippen molar-refractivity contribution in [3.8, 4) is 5.69 Å². The summed E-state index contributed by atoms with van der Waals surface area (Å²) in [6.45, 7) is 1.22. The number of carbonyl (C=O) groups is 2. The normalized spacial score (nSPS) is 14.3. The molecule has 2 heterocycles. The van der Waals surface area contributed by atoms with Crippen molar-refractivity contribution in [2.75, 3.05) is 18.4 Å². The second-order valence-corrected chi connectivity index (χ2v) is 7.71. The van der Waals surface area contributed by atoms with Crippen LogP contribution in [-0.4, -0.2) is 45.8 Å². The summed E-state index contributed by atoms with van der Waals surface area (Å²) in [5.74, 6) is 0.0694. The number of aromatic nitrogens is 2. The van der Waals surface area contributed by atoms with E-state index in [1.165, 1.54) is 5.56 Å². The van der Waals surface area contributed by atoms with Gasteiger partial charge in [0, 0.05) is 37.9 Å². The molecule has 31 heavy (non-hydrogen) atoms. The van der Waals surface area contributed by atoms with E-state index >= 15 is 0 Å². The van der Waals surface area contributed by atoms with Gasteiger partial charge in [-0.1, -0.05) is 42.5 Å². The van der Waals surface area contributed by atoms with Crippen LogP contribution in [-0.2, 0) is 11.2 Å². The Kier molecular flexibility index (Phi) is 6.62. The third-order valence-electron chi connectivity index (χ3n) is 5.53. The molecule has 1 saturated heterocycles. The number of nitrogens with one attached hydrogen (secondary N) is 2. The maximum absolute atomic E-state index is 12.8. The average Bonchev–Trinajstić information content (AvgIpc) is 3.34. The molecule has 7 heteroatoms. The fraction of sp³-hybridized carbons (Fsp3) is 0.292. The zero-order valence-corrected chi connectivity index (χ0v) is 17.4. The molecule has 0 spiro atoms. The third kappa shape index (κ3) is 5.51. The van der Waals surface area contributed by atoms with Crippen LogP contribution in [0.5, 0.6) is 0 Å². The van der Waals surface area contributed by atoms with E-state index in [1.807, 2.05) is 66.9 Å². The largest absolute Gasteiger partial charge is 0.353 e. The van der Waals surface area contributed by atoms with Crippen LogP contribution in [0.15, 0.2) is 73.1 Å². The number of rotatable bonds is 6. The Morgan fingerprint density at radius 1 is 0.968 bits per heavy atom. The number of anilines is 1. The van der Waals surface area contributed by atoms with Crippen LogP contribution in [0.2, 0.25) is 0 Å². The summed E-state index contributed by atoms with van der Waals surface area (Å²) >= 11 is 0. The highest BCUT2D eigenvalue weighted by Gasteiger charge is 2.24. The summed E-state index contributed by atoms with van der Waals surface area (Å²) in [6, 6.07) is 19.4. The first-order chi connectivity index (χ1) is 15.2. The minimum atomic E-state index is -0.131. The topological polar surface area (TPSA) is 79.3 Å². The quantitative estimate of drug-likeness (QED) is 0.643. The molecular weight excluding hydrogens is 390 g/mol. The van der Waals surface area contributed by atoms with Gasteiger partial charge in [-0.05, 0) is 43.0 Å². The van der Waals surface area contributed by atoms with Crippen molar-refractivity contribution in [2.45, 2.75) is 31.7 Å². The summed E-state index contributed by atoms with van der Waals surface area (Å²) in [5, 5.41) is 10.4. The number of nitrogens with zero attached hydrogens (tertiary/aromatic N) is 3. The summed E-state index contributed by atoms with van der Waals surface area (Å²) in [6.07, 6.45) is 6.28. The van der Waals surface area contributed by atoms with Crippen molar-refractivity contribution in [3.05, 3.63) is 78.6 Å². The van der Waals surface area contributed by atoms with Gasteiger partial charge in [-0.15, -0.1) is 0 Å². The Morgan fingerprint density at radius 3 is 2.45 bits per heavy atom.